The van der Waals surface area contributed by atoms with Crippen molar-refractivity contribution in [2.45, 2.75) is 73.1 Å². The lowest BCUT2D eigenvalue weighted by Crippen LogP contribution is -2.49. The fourth-order valence-electron chi connectivity index (χ4n) is 2.44. The zero-order chi connectivity index (χ0) is 17.5. The van der Waals surface area contributed by atoms with Gasteiger partial charge >= 0.3 is 10.4 Å². The first-order valence-electron chi connectivity index (χ1n) is 8.77. The van der Waals surface area contributed by atoms with Gasteiger partial charge in [-0.05, 0) is 33.1 Å². The highest BCUT2D eigenvalue weighted by atomic mass is 32.3. The maximum Gasteiger partial charge on any atom is 0.397 e. The van der Waals surface area contributed by atoms with E-state index in [-0.39, 0.29) is 6.61 Å². The summed E-state index contributed by atoms with van der Waals surface area (Å²) in [6.45, 7) is 16.3. The Morgan fingerprint density at radius 1 is 0.818 bits per heavy atom. The average molecular weight is 341 g/mol. The van der Waals surface area contributed by atoms with Gasteiger partial charge in [0.15, 0.2) is 0 Å². The minimum atomic E-state index is -4.17. The van der Waals surface area contributed by atoms with Gasteiger partial charge in [0, 0.05) is 0 Å². The summed E-state index contributed by atoms with van der Waals surface area (Å²) in [6, 6.07) is 0. The lowest BCUT2D eigenvalue weighted by atomic mass is 10.1. The van der Waals surface area contributed by atoms with E-state index in [4.69, 9.17) is 4.55 Å². The average Bonchev–Trinajstić information content (AvgIpc) is 2.46. The Balaban J connectivity index is 0. The Kier molecular flexibility index (Phi) is 15.8. The Morgan fingerprint density at radius 3 is 1.32 bits per heavy atom. The van der Waals surface area contributed by atoms with E-state index < -0.39 is 10.4 Å². The Morgan fingerprint density at radius 2 is 1.18 bits per heavy atom. The molecule has 0 bridgehead atoms. The summed E-state index contributed by atoms with van der Waals surface area (Å²) in [5, 5.41) is 0. The van der Waals surface area contributed by atoms with Crippen LogP contribution in [0, 0.1) is 0 Å². The highest BCUT2D eigenvalue weighted by molar-refractivity contribution is 7.80. The van der Waals surface area contributed by atoms with Crippen molar-refractivity contribution in [1.82, 2.24) is 0 Å². The molecule has 5 nitrogen and oxygen atoms in total. The summed E-state index contributed by atoms with van der Waals surface area (Å²) in [7, 11) is -4.17. The van der Waals surface area contributed by atoms with Gasteiger partial charge in [-0.15, -0.1) is 0 Å². The third kappa shape index (κ3) is 14.8. The number of quaternary nitrogens is 1. The Labute approximate surface area is 138 Å². The quantitative estimate of drug-likeness (QED) is 0.430. The molecule has 136 valence electrons. The molecule has 0 rings (SSSR count). The van der Waals surface area contributed by atoms with Crippen LogP contribution in [0.15, 0.2) is 0 Å². The molecule has 0 aromatic heterocycles. The van der Waals surface area contributed by atoms with Gasteiger partial charge in [-0.2, -0.15) is 8.42 Å². The standard InChI is InChI=1S/C14H32N.C2H6O4S/c1-5-9-12-15(8-4,13-10-6-2)14-11-7-3;1-2-6-7(3,4)5/h5-14H2,1-4H3;2H2,1H3,(H,3,4,5)/q+1;. The van der Waals surface area contributed by atoms with Crippen molar-refractivity contribution in [2.75, 3.05) is 32.8 Å². The molecule has 22 heavy (non-hydrogen) atoms. The van der Waals surface area contributed by atoms with Crippen LogP contribution in [0.3, 0.4) is 0 Å². The van der Waals surface area contributed by atoms with Crippen molar-refractivity contribution in [3.8, 4) is 0 Å². The van der Waals surface area contributed by atoms with Crippen LogP contribution < -0.4 is 0 Å². The van der Waals surface area contributed by atoms with E-state index in [9.17, 15) is 8.42 Å². The molecule has 0 radical (unpaired) electrons. The van der Waals surface area contributed by atoms with Crippen molar-refractivity contribution in [3.05, 3.63) is 0 Å². The minimum absolute atomic E-state index is 0.0289. The van der Waals surface area contributed by atoms with Crippen LogP contribution in [0.4, 0.5) is 0 Å². The first-order valence-corrected chi connectivity index (χ1v) is 10.1. The van der Waals surface area contributed by atoms with Gasteiger partial charge in [0.2, 0.25) is 0 Å². The van der Waals surface area contributed by atoms with Crippen molar-refractivity contribution in [1.29, 1.82) is 0 Å². The van der Waals surface area contributed by atoms with Gasteiger partial charge in [0.25, 0.3) is 0 Å². The molecule has 0 saturated heterocycles. The van der Waals surface area contributed by atoms with E-state index in [0.29, 0.717) is 0 Å². The zero-order valence-electron chi connectivity index (χ0n) is 15.3. The van der Waals surface area contributed by atoms with Crippen LogP contribution in [-0.2, 0) is 14.6 Å². The number of rotatable bonds is 12. The summed E-state index contributed by atoms with van der Waals surface area (Å²) in [5.74, 6) is 0. The number of hydrogen-bond donors (Lipinski definition) is 1. The largest absolute Gasteiger partial charge is 0.397 e. The molecule has 0 spiro atoms. The lowest BCUT2D eigenvalue weighted by molar-refractivity contribution is -0.927. The van der Waals surface area contributed by atoms with Crippen LogP contribution in [0.5, 0.6) is 0 Å². The third-order valence-electron chi connectivity index (χ3n) is 3.90. The number of hydrogen-bond acceptors (Lipinski definition) is 3. The summed E-state index contributed by atoms with van der Waals surface area (Å²) in [4.78, 5) is 0. The molecule has 0 atom stereocenters. The van der Waals surface area contributed by atoms with E-state index in [0.717, 1.165) is 0 Å². The van der Waals surface area contributed by atoms with Crippen LogP contribution >= 0.6 is 0 Å². The molecule has 1 N–H and O–H groups in total. The first-order chi connectivity index (χ1) is 10.3. The van der Waals surface area contributed by atoms with Crippen molar-refractivity contribution < 1.29 is 21.6 Å². The van der Waals surface area contributed by atoms with Crippen molar-refractivity contribution in [2.24, 2.45) is 0 Å². The molecule has 0 fully saturated rings. The van der Waals surface area contributed by atoms with Gasteiger partial charge in [-0.1, -0.05) is 40.0 Å². The normalized spacial score (nSPS) is 11.9. The van der Waals surface area contributed by atoms with Crippen LogP contribution in [0.1, 0.15) is 73.1 Å². The molecule has 0 unspecified atom stereocenters. The summed E-state index contributed by atoms with van der Waals surface area (Å²) in [5.41, 5.74) is 0. The molecule has 0 amide bonds. The monoisotopic (exact) mass is 340 g/mol. The van der Waals surface area contributed by atoms with E-state index in [1.165, 1.54) is 76.1 Å². The number of nitrogens with zero attached hydrogens (tertiary/aromatic N) is 1. The predicted octanol–water partition coefficient (Wildman–Crippen LogP) is 4.05. The molecular weight excluding hydrogens is 302 g/mol. The molecule has 0 aliphatic carbocycles. The zero-order valence-corrected chi connectivity index (χ0v) is 16.1. The molecule has 0 aromatic rings. The molecule has 0 aliphatic heterocycles. The van der Waals surface area contributed by atoms with E-state index in [2.05, 4.69) is 31.9 Å². The lowest BCUT2D eigenvalue weighted by Gasteiger charge is -2.38. The highest BCUT2D eigenvalue weighted by Crippen LogP contribution is 2.14. The Hall–Kier alpha value is -0.170. The predicted molar refractivity (Wildman–Crippen MR) is 93.3 cm³/mol. The van der Waals surface area contributed by atoms with Gasteiger partial charge in [0.1, 0.15) is 0 Å². The number of unbranched alkanes of at least 4 members (excludes halogenated alkanes) is 3. The molecular formula is C16H38NO4S+. The minimum Gasteiger partial charge on any atom is -0.324 e. The van der Waals surface area contributed by atoms with E-state index >= 15 is 0 Å². The van der Waals surface area contributed by atoms with E-state index in [1.54, 1.807) is 0 Å². The molecule has 6 heteroatoms. The topological polar surface area (TPSA) is 63.6 Å². The van der Waals surface area contributed by atoms with Crippen LogP contribution in [-0.4, -0.2) is 50.2 Å². The fraction of sp³-hybridized carbons (Fsp3) is 1.00. The summed E-state index contributed by atoms with van der Waals surface area (Å²) in [6.07, 6.45) is 8.25. The second-order valence-electron chi connectivity index (χ2n) is 5.72. The van der Waals surface area contributed by atoms with Gasteiger partial charge in [-0.3, -0.25) is 4.55 Å². The smallest absolute Gasteiger partial charge is 0.324 e. The summed E-state index contributed by atoms with van der Waals surface area (Å²) < 4.78 is 32.0. The maximum absolute atomic E-state index is 9.56. The molecule has 0 saturated carbocycles. The SMILES string of the molecule is CCCC[N+](CC)(CCCC)CCCC.CCOS(=O)(=O)O. The van der Waals surface area contributed by atoms with E-state index in [1.807, 2.05) is 0 Å². The van der Waals surface area contributed by atoms with Gasteiger partial charge < -0.3 is 4.48 Å². The molecule has 0 aromatic carbocycles. The van der Waals surface area contributed by atoms with Crippen LogP contribution in [0.25, 0.3) is 0 Å². The molecule has 0 heterocycles. The van der Waals surface area contributed by atoms with Crippen molar-refractivity contribution >= 4 is 10.4 Å². The van der Waals surface area contributed by atoms with Gasteiger partial charge in [-0.25, -0.2) is 4.18 Å². The maximum atomic E-state index is 9.56. The van der Waals surface area contributed by atoms with Gasteiger partial charge in [0.05, 0.1) is 32.8 Å². The fourth-order valence-corrected chi connectivity index (χ4v) is 2.74. The highest BCUT2D eigenvalue weighted by Gasteiger charge is 2.22. The summed E-state index contributed by atoms with van der Waals surface area (Å²) >= 11 is 0. The van der Waals surface area contributed by atoms with Crippen LogP contribution in [0.2, 0.25) is 0 Å². The second-order valence-corrected chi connectivity index (χ2v) is 6.81. The Bertz CT molecular complexity index is 309. The van der Waals surface area contributed by atoms with Crippen molar-refractivity contribution in [3.63, 3.8) is 0 Å². The molecule has 0 aliphatic rings. The first kappa shape index (κ1) is 24.1. The second kappa shape index (κ2) is 14.4. The third-order valence-corrected chi connectivity index (χ3v) is 4.43.